The van der Waals surface area contributed by atoms with Crippen molar-refractivity contribution in [2.24, 2.45) is 26.9 Å². The third-order valence-corrected chi connectivity index (χ3v) is 5.99. The van der Waals surface area contributed by atoms with Gasteiger partial charge < -0.3 is 26.7 Å². The molecule has 36 heavy (non-hydrogen) atoms. The van der Waals surface area contributed by atoms with E-state index in [1.54, 1.807) is 7.05 Å². The Balaban J connectivity index is 1.65. The average molecular weight is 487 g/mol. The zero-order valence-electron chi connectivity index (χ0n) is 20.9. The van der Waals surface area contributed by atoms with Crippen LogP contribution in [0.3, 0.4) is 0 Å². The monoisotopic (exact) mass is 486 g/mol. The Morgan fingerprint density at radius 1 is 1.08 bits per heavy atom. The molecule has 2 heterocycles. The lowest BCUT2D eigenvalue weighted by Gasteiger charge is -2.16. The summed E-state index contributed by atoms with van der Waals surface area (Å²) in [5.41, 5.74) is 15.3. The molecule has 188 valence electrons. The third-order valence-electron chi connectivity index (χ3n) is 5.99. The SMILES string of the molecule is CN=N/N=C(\N)c1ccc2c(c1)[nH]c1nc(Cc3ccccc3)nc(NCCCN(C)CCCN)c12. The predicted octanol–water partition coefficient (Wildman–Crippen LogP) is 3.49. The van der Waals surface area contributed by atoms with Gasteiger partial charge in [0.2, 0.25) is 0 Å². The van der Waals surface area contributed by atoms with Gasteiger partial charge in [0.25, 0.3) is 0 Å². The summed E-state index contributed by atoms with van der Waals surface area (Å²) in [5, 5.41) is 16.8. The third kappa shape index (κ3) is 6.21. The van der Waals surface area contributed by atoms with E-state index in [2.05, 4.69) is 49.8 Å². The van der Waals surface area contributed by atoms with Gasteiger partial charge in [0.1, 0.15) is 17.3 Å². The van der Waals surface area contributed by atoms with Crippen LogP contribution in [0.25, 0.3) is 21.9 Å². The van der Waals surface area contributed by atoms with Crippen LogP contribution in [0.5, 0.6) is 0 Å². The number of rotatable bonds is 12. The molecule has 10 nitrogen and oxygen atoms in total. The summed E-state index contributed by atoms with van der Waals surface area (Å²) in [4.78, 5) is 15.6. The molecule has 0 fully saturated rings. The summed E-state index contributed by atoms with van der Waals surface area (Å²) in [6, 6.07) is 16.1. The largest absolute Gasteiger partial charge is 0.382 e. The molecule has 0 bridgehead atoms. The maximum Gasteiger partial charge on any atom is 0.155 e. The summed E-state index contributed by atoms with van der Waals surface area (Å²) >= 11 is 0. The molecule has 0 atom stereocenters. The molecular weight excluding hydrogens is 452 g/mol. The van der Waals surface area contributed by atoms with Crippen LogP contribution < -0.4 is 16.8 Å². The fourth-order valence-electron chi connectivity index (χ4n) is 4.17. The normalized spacial score (nSPS) is 12.4. The van der Waals surface area contributed by atoms with Crippen LogP contribution in [0, 0.1) is 0 Å². The van der Waals surface area contributed by atoms with Crippen LogP contribution >= 0.6 is 0 Å². The number of aromatic nitrogens is 3. The second-order valence-electron chi connectivity index (χ2n) is 8.76. The second kappa shape index (κ2) is 12.2. The maximum atomic E-state index is 6.07. The number of aromatic amines is 1. The lowest BCUT2D eigenvalue weighted by Crippen LogP contribution is -2.24. The first-order valence-corrected chi connectivity index (χ1v) is 12.2. The molecule has 0 radical (unpaired) electrons. The van der Waals surface area contributed by atoms with Crippen LogP contribution in [0.4, 0.5) is 5.82 Å². The van der Waals surface area contributed by atoms with Gasteiger partial charge in [-0.3, -0.25) is 0 Å². The Hall–Kier alpha value is -3.89. The molecule has 6 N–H and O–H groups in total. The number of H-pyrrole nitrogens is 1. The first-order valence-electron chi connectivity index (χ1n) is 12.2. The van der Waals surface area contributed by atoms with Gasteiger partial charge in [-0.25, -0.2) is 9.97 Å². The molecule has 0 saturated heterocycles. The van der Waals surface area contributed by atoms with Gasteiger partial charge in [-0.15, -0.1) is 5.10 Å². The number of hydrogen-bond acceptors (Lipinski definition) is 7. The van der Waals surface area contributed by atoms with Crippen molar-refractivity contribution < 1.29 is 0 Å². The lowest BCUT2D eigenvalue weighted by molar-refractivity contribution is 0.330. The van der Waals surface area contributed by atoms with E-state index in [1.807, 2.05) is 36.4 Å². The molecule has 0 aliphatic rings. The average Bonchev–Trinajstić information content (AvgIpc) is 3.26. The second-order valence-corrected chi connectivity index (χ2v) is 8.76. The van der Waals surface area contributed by atoms with E-state index >= 15 is 0 Å². The Morgan fingerprint density at radius 3 is 2.67 bits per heavy atom. The Kier molecular flexibility index (Phi) is 8.53. The van der Waals surface area contributed by atoms with Gasteiger partial charge in [-0.1, -0.05) is 42.5 Å². The Morgan fingerprint density at radius 2 is 1.89 bits per heavy atom. The first kappa shape index (κ1) is 25.2. The van der Waals surface area contributed by atoms with Crippen molar-refractivity contribution in [3.8, 4) is 0 Å². The van der Waals surface area contributed by atoms with E-state index < -0.39 is 0 Å². The van der Waals surface area contributed by atoms with Crippen molar-refractivity contribution in [1.82, 2.24) is 19.9 Å². The fraction of sp³-hybridized carbons (Fsp3) is 0.346. The number of hydrogen-bond donors (Lipinski definition) is 4. The zero-order valence-corrected chi connectivity index (χ0v) is 20.9. The van der Waals surface area contributed by atoms with Gasteiger partial charge >= 0.3 is 0 Å². The standard InChI is InChI=1S/C26H34N10/c1-29-35-34-24(28)19-10-11-20-21(17-19)31-26-23(20)25(30-13-7-15-36(2)14-6-12-27)32-22(33-26)16-18-8-4-3-5-9-18/h3-5,8-11,17H,6-7,12-16,27H2,1-2H3,(H2,28,29,34)(H2,30,31,32,33). The van der Waals surface area contributed by atoms with E-state index in [-0.39, 0.29) is 0 Å². The number of fused-ring (bicyclic) bond motifs is 3. The van der Waals surface area contributed by atoms with E-state index in [9.17, 15) is 0 Å². The number of nitrogens with two attached hydrogens (primary N) is 2. The summed E-state index contributed by atoms with van der Waals surface area (Å²) in [5.74, 6) is 1.89. The van der Waals surface area contributed by atoms with Crippen molar-refractivity contribution in [1.29, 1.82) is 0 Å². The van der Waals surface area contributed by atoms with Crippen molar-refractivity contribution in [2.45, 2.75) is 19.3 Å². The maximum absolute atomic E-state index is 6.07. The van der Waals surface area contributed by atoms with E-state index in [1.165, 1.54) is 0 Å². The van der Waals surface area contributed by atoms with Crippen LogP contribution in [-0.4, -0.2) is 66.0 Å². The topological polar surface area (TPSA) is 146 Å². The number of nitrogens with one attached hydrogen (secondary N) is 2. The number of nitrogens with zero attached hydrogens (tertiary/aromatic N) is 6. The van der Waals surface area contributed by atoms with Gasteiger partial charge in [0.05, 0.1) is 12.4 Å². The molecule has 0 aliphatic carbocycles. The molecule has 2 aromatic carbocycles. The van der Waals surface area contributed by atoms with Crippen molar-refractivity contribution in [3.05, 3.63) is 65.5 Å². The number of amidine groups is 1. The van der Waals surface area contributed by atoms with Gasteiger partial charge in [-0.2, -0.15) is 5.11 Å². The van der Waals surface area contributed by atoms with Crippen LogP contribution in [0.15, 0.2) is 64.0 Å². The minimum atomic E-state index is 0.300. The summed E-state index contributed by atoms with van der Waals surface area (Å²) in [7, 11) is 3.68. The molecule has 4 aromatic rings. The lowest BCUT2D eigenvalue weighted by atomic mass is 10.1. The Labute approximate surface area is 210 Å². The summed E-state index contributed by atoms with van der Waals surface area (Å²) in [6.07, 6.45) is 2.65. The van der Waals surface area contributed by atoms with E-state index in [4.69, 9.17) is 21.4 Å². The molecule has 0 unspecified atom stereocenters. The van der Waals surface area contributed by atoms with Gasteiger partial charge in [0, 0.05) is 29.4 Å². The highest BCUT2D eigenvalue weighted by molar-refractivity contribution is 6.13. The summed E-state index contributed by atoms with van der Waals surface area (Å²) < 4.78 is 0. The van der Waals surface area contributed by atoms with Crippen LogP contribution in [0.2, 0.25) is 0 Å². The number of benzene rings is 2. The molecule has 0 saturated carbocycles. The molecule has 10 heteroatoms. The Bertz CT molecular complexity index is 1340. The van der Waals surface area contributed by atoms with E-state index in [0.29, 0.717) is 18.8 Å². The van der Waals surface area contributed by atoms with Crippen molar-refractivity contribution in [3.63, 3.8) is 0 Å². The van der Waals surface area contributed by atoms with Crippen LogP contribution in [0.1, 0.15) is 29.8 Å². The molecule has 2 aromatic heterocycles. The number of anilines is 1. The zero-order chi connectivity index (χ0) is 25.3. The molecule has 0 spiro atoms. The smallest absolute Gasteiger partial charge is 0.155 e. The molecule has 0 aliphatic heterocycles. The highest BCUT2D eigenvalue weighted by atomic mass is 15.4. The molecular formula is C26H34N10. The van der Waals surface area contributed by atoms with Crippen molar-refractivity contribution in [2.75, 3.05) is 45.6 Å². The quantitative estimate of drug-likeness (QED) is 0.0793. The minimum absolute atomic E-state index is 0.300. The van der Waals surface area contributed by atoms with Gasteiger partial charge in [-0.05, 0) is 56.4 Å². The van der Waals surface area contributed by atoms with Gasteiger partial charge in [0.15, 0.2) is 5.84 Å². The van der Waals surface area contributed by atoms with E-state index in [0.717, 1.165) is 77.2 Å². The minimum Gasteiger partial charge on any atom is -0.382 e. The summed E-state index contributed by atoms with van der Waals surface area (Å²) in [6.45, 7) is 3.51. The fourth-order valence-corrected chi connectivity index (χ4v) is 4.17. The predicted molar refractivity (Wildman–Crippen MR) is 146 cm³/mol. The van der Waals surface area contributed by atoms with Crippen molar-refractivity contribution >= 4 is 33.6 Å². The van der Waals surface area contributed by atoms with Crippen LogP contribution in [-0.2, 0) is 6.42 Å². The highest BCUT2D eigenvalue weighted by Crippen LogP contribution is 2.30. The molecule has 4 rings (SSSR count). The highest BCUT2D eigenvalue weighted by Gasteiger charge is 2.15. The molecule has 0 amide bonds. The first-order chi connectivity index (χ1) is 17.6.